The Morgan fingerprint density at radius 1 is 1.14 bits per heavy atom. The number of benzene rings is 2. The number of urea groups is 1. The first-order valence-electron chi connectivity index (χ1n) is 9.19. The summed E-state index contributed by atoms with van der Waals surface area (Å²) in [7, 11) is 1.57. The molecular formula is C21H22FN3O4. The zero-order valence-corrected chi connectivity index (χ0v) is 16.2. The van der Waals surface area contributed by atoms with E-state index in [0.29, 0.717) is 11.3 Å². The molecule has 0 aromatic heterocycles. The number of nitrogens with one attached hydrogen (secondary N) is 2. The smallest absolute Gasteiger partial charge is 0.325 e. The molecule has 1 aliphatic rings. The van der Waals surface area contributed by atoms with Crippen LogP contribution in [0.1, 0.15) is 24.5 Å². The minimum atomic E-state index is -1.30. The Bertz CT molecular complexity index is 915. The fourth-order valence-electron chi connectivity index (χ4n) is 3.29. The summed E-state index contributed by atoms with van der Waals surface area (Å²) in [5.41, 5.74) is 0.0209. The highest BCUT2D eigenvalue weighted by molar-refractivity contribution is 6.09. The predicted octanol–water partition coefficient (Wildman–Crippen LogP) is 2.31. The number of nitrogens with zero attached hydrogens (tertiary/aromatic N) is 1. The Hall–Kier alpha value is -3.42. The number of ether oxygens (including phenoxy) is 1. The molecule has 4 amide bonds. The summed E-state index contributed by atoms with van der Waals surface area (Å²) in [4.78, 5) is 38.6. The van der Waals surface area contributed by atoms with Crippen LogP contribution in [0, 0.1) is 5.82 Å². The molecule has 0 unspecified atom stereocenters. The lowest BCUT2D eigenvalue weighted by atomic mass is 9.87. The van der Waals surface area contributed by atoms with Gasteiger partial charge in [0.05, 0.1) is 7.11 Å². The number of halogens is 1. The SMILES string of the molecule is CC[C@@]1(c2ccc(F)cc2)NC(=O)N(CC(=O)NCc2ccc(OC)cc2)C1=O. The third kappa shape index (κ3) is 4.06. The van der Waals surface area contributed by atoms with Gasteiger partial charge in [-0.15, -0.1) is 0 Å². The van der Waals surface area contributed by atoms with Crippen molar-refractivity contribution >= 4 is 17.8 Å². The molecule has 2 aromatic rings. The summed E-state index contributed by atoms with van der Waals surface area (Å²) < 4.78 is 18.3. The molecule has 0 bridgehead atoms. The Morgan fingerprint density at radius 2 is 1.79 bits per heavy atom. The standard InChI is InChI=1S/C21H22FN3O4/c1-3-21(15-6-8-16(22)9-7-15)19(27)25(20(28)24-21)13-18(26)23-12-14-4-10-17(29-2)11-5-14/h4-11H,3,12-13H2,1-2H3,(H,23,26)(H,24,28)/t21-/m0/s1. The molecule has 0 aliphatic carbocycles. The monoisotopic (exact) mass is 399 g/mol. The number of hydrogen-bond acceptors (Lipinski definition) is 4. The van der Waals surface area contributed by atoms with Crippen molar-refractivity contribution in [3.8, 4) is 5.75 Å². The number of carbonyl (C=O) groups excluding carboxylic acids is 3. The maximum absolute atomic E-state index is 13.2. The van der Waals surface area contributed by atoms with Crippen LogP contribution in [0.4, 0.5) is 9.18 Å². The molecule has 1 atom stereocenters. The molecule has 3 rings (SSSR count). The van der Waals surface area contributed by atoms with E-state index in [0.717, 1.165) is 10.5 Å². The van der Waals surface area contributed by atoms with E-state index in [4.69, 9.17) is 4.74 Å². The molecule has 2 aromatic carbocycles. The molecule has 7 nitrogen and oxygen atoms in total. The minimum absolute atomic E-state index is 0.253. The quantitative estimate of drug-likeness (QED) is 0.700. The largest absolute Gasteiger partial charge is 0.497 e. The van der Waals surface area contributed by atoms with Gasteiger partial charge in [0, 0.05) is 6.54 Å². The van der Waals surface area contributed by atoms with Crippen molar-refractivity contribution in [1.29, 1.82) is 0 Å². The van der Waals surface area contributed by atoms with Gasteiger partial charge in [0.2, 0.25) is 5.91 Å². The second-order valence-corrected chi connectivity index (χ2v) is 6.71. The van der Waals surface area contributed by atoms with Crippen molar-refractivity contribution in [2.75, 3.05) is 13.7 Å². The summed E-state index contributed by atoms with van der Waals surface area (Å²) in [5.74, 6) is -0.728. The third-order valence-corrected chi connectivity index (χ3v) is 4.99. The zero-order chi connectivity index (χ0) is 21.0. The molecular weight excluding hydrogens is 377 g/mol. The lowest BCUT2D eigenvalue weighted by Crippen LogP contribution is -2.44. The van der Waals surface area contributed by atoms with Crippen molar-refractivity contribution < 1.29 is 23.5 Å². The van der Waals surface area contributed by atoms with Crippen LogP contribution >= 0.6 is 0 Å². The first kappa shape index (κ1) is 20.3. The first-order valence-corrected chi connectivity index (χ1v) is 9.19. The number of carbonyl (C=O) groups is 3. The van der Waals surface area contributed by atoms with Crippen LogP contribution in [-0.4, -0.2) is 36.4 Å². The molecule has 1 aliphatic heterocycles. The van der Waals surface area contributed by atoms with Crippen LogP contribution in [0.3, 0.4) is 0 Å². The molecule has 0 spiro atoms. The number of rotatable bonds is 7. The second-order valence-electron chi connectivity index (χ2n) is 6.71. The van der Waals surface area contributed by atoms with Gasteiger partial charge in [-0.3, -0.25) is 14.5 Å². The van der Waals surface area contributed by atoms with Crippen molar-refractivity contribution in [3.63, 3.8) is 0 Å². The van der Waals surface area contributed by atoms with Crippen LogP contribution in [0.5, 0.6) is 5.75 Å². The van der Waals surface area contributed by atoms with Gasteiger partial charge in [-0.2, -0.15) is 0 Å². The Balaban J connectivity index is 1.67. The van der Waals surface area contributed by atoms with Crippen molar-refractivity contribution in [2.45, 2.75) is 25.4 Å². The average molecular weight is 399 g/mol. The van der Waals surface area contributed by atoms with Crippen molar-refractivity contribution in [2.24, 2.45) is 0 Å². The topological polar surface area (TPSA) is 87.7 Å². The van der Waals surface area contributed by atoms with Gasteiger partial charge in [-0.25, -0.2) is 9.18 Å². The first-order chi connectivity index (χ1) is 13.9. The molecule has 1 fully saturated rings. The lowest BCUT2D eigenvalue weighted by molar-refractivity contribution is -0.135. The van der Waals surface area contributed by atoms with E-state index < -0.39 is 35.7 Å². The number of amides is 4. The van der Waals surface area contributed by atoms with Gasteiger partial charge >= 0.3 is 6.03 Å². The van der Waals surface area contributed by atoms with Gasteiger partial charge < -0.3 is 15.4 Å². The van der Waals surface area contributed by atoms with Crippen molar-refractivity contribution in [1.82, 2.24) is 15.5 Å². The highest BCUT2D eigenvalue weighted by atomic mass is 19.1. The maximum atomic E-state index is 13.2. The molecule has 0 radical (unpaired) electrons. The zero-order valence-electron chi connectivity index (χ0n) is 16.2. The molecule has 1 saturated heterocycles. The van der Waals surface area contributed by atoms with Gasteiger partial charge in [0.1, 0.15) is 23.7 Å². The summed E-state index contributed by atoms with van der Waals surface area (Å²) in [6.45, 7) is 1.60. The van der Waals surface area contributed by atoms with E-state index in [1.54, 1.807) is 26.2 Å². The highest BCUT2D eigenvalue weighted by Crippen LogP contribution is 2.32. The van der Waals surface area contributed by atoms with Gasteiger partial charge in [-0.1, -0.05) is 31.2 Å². The Kier molecular flexibility index (Phi) is 5.81. The number of methoxy groups -OCH3 is 1. The van der Waals surface area contributed by atoms with Gasteiger partial charge in [-0.05, 0) is 41.8 Å². The van der Waals surface area contributed by atoms with E-state index in [-0.39, 0.29) is 13.0 Å². The van der Waals surface area contributed by atoms with Crippen LogP contribution in [0.25, 0.3) is 0 Å². The summed E-state index contributed by atoms with van der Waals surface area (Å²) >= 11 is 0. The highest BCUT2D eigenvalue weighted by Gasteiger charge is 2.51. The molecule has 29 heavy (non-hydrogen) atoms. The van der Waals surface area contributed by atoms with Crippen LogP contribution < -0.4 is 15.4 Å². The molecule has 0 saturated carbocycles. The van der Waals surface area contributed by atoms with Crippen LogP contribution in [0.15, 0.2) is 48.5 Å². The fourth-order valence-corrected chi connectivity index (χ4v) is 3.29. The van der Waals surface area contributed by atoms with Crippen LogP contribution in [-0.2, 0) is 21.7 Å². The molecule has 2 N–H and O–H groups in total. The Labute approximate surface area is 167 Å². The lowest BCUT2D eigenvalue weighted by Gasteiger charge is -2.25. The maximum Gasteiger partial charge on any atom is 0.325 e. The average Bonchev–Trinajstić information content (AvgIpc) is 2.98. The summed E-state index contributed by atoms with van der Waals surface area (Å²) in [5, 5.41) is 5.36. The third-order valence-electron chi connectivity index (χ3n) is 4.99. The molecule has 1 heterocycles. The van der Waals surface area contributed by atoms with Crippen LogP contribution in [0.2, 0.25) is 0 Å². The Morgan fingerprint density at radius 3 is 2.38 bits per heavy atom. The predicted molar refractivity (Wildman–Crippen MR) is 103 cm³/mol. The van der Waals surface area contributed by atoms with E-state index in [2.05, 4.69) is 10.6 Å². The fraction of sp³-hybridized carbons (Fsp3) is 0.286. The van der Waals surface area contributed by atoms with E-state index in [1.807, 2.05) is 12.1 Å². The molecule has 8 heteroatoms. The number of hydrogen-bond donors (Lipinski definition) is 2. The normalized spacial score (nSPS) is 18.5. The van der Waals surface area contributed by atoms with E-state index in [1.165, 1.54) is 24.3 Å². The summed E-state index contributed by atoms with van der Waals surface area (Å²) in [6, 6.07) is 11.9. The minimum Gasteiger partial charge on any atom is -0.497 e. The van der Waals surface area contributed by atoms with Crippen molar-refractivity contribution in [3.05, 3.63) is 65.5 Å². The second kappa shape index (κ2) is 8.30. The summed E-state index contributed by atoms with van der Waals surface area (Å²) in [6.07, 6.45) is 0.271. The van der Waals surface area contributed by atoms with Gasteiger partial charge in [0.25, 0.3) is 5.91 Å². The van der Waals surface area contributed by atoms with E-state index >= 15 is 0 Å². The number of imide groups is 1. The molecule has 152 valence electrons. The van der Waals surface area contributed by atoms with E-state index in [9.17, 15) is 18.8 Å². The van der Waals surface area contributed by atoms with Gasteiger partial charge in [0.15, 0.2) is 0 Å².